The van der Waals surface area contributed by atoms with Gasteiger partial charge in [0.05, 0.1) is 42.3 Å². The number of anilines is 1. The molecule has 42 heavy (non-hydrogen) atoms. The number of hydrazone groups is 1. The Morgan fingerprint density at radius 2 is 1.74 bits per heavy atom. The number of allylic oxidation sites excluding steroid dienone is 2. The molecule has 0 spiro atoms. The largest absolute Gasteiger partial charge is 0.495 e. The number of amides is 2. The highest BCUT2D eigenvalue weighted by molar-refractivity contribution is 6.27. The molecule has 3 rings (SSSR count). The Kier molecular flexibility index (Phi) is 12.6. The van der Waals surface area contributed by atoms with Crippen molar-refractivity contribution in [3.05, 3.63) is 47.6 Å². The molecule has 0 aromatic heterocycles. The van der Waals surface area contributed by atoms with Crippen molar-refractivity contribution in [2.45, 2.75) is 109 Å². The van der Waals surface area contributed by atoms with Crippen LogP contribution in [0.1, 0.15) is 109 Å². The summed E-state index contributed by atoms with van der Waals surface area (Å²) in [6.45, 7) is 7.71. The van der Waals surface area contributed by atoms with Crippen molar-refractivity contribution in [2.24, 2.45) is 5.10 Å². The number of benzene rings is 1. The Morgan fingerprint density at radius 3 is 2.33 bits per heavy atom. The molecule has 2 aliphatic rings. The summed E-state index contributed by atoms with van der Waals surface area (Å²) in [6, 6.07) is 4.26. The SMILES string of the molecule is CCCCCCCCCCCCOC(=O)c1ccc(OC)c(N(C(C)=O)C2=NN(C3C=CC(C)=CC3(C)Cl)C(=O)C2)c1. The fourth-order valence-electron chi connectivity index (χ4n) is 5.42. The van der Waals surface area contributed by atoms with Gasteiger partial charge in [0.15, 0.2) is 0 Å². The Balaban J connectivity index is 1.65. The molecular weight excluding hydrogens is 554 g/mol. The maximum absolute atomic E-state index is 13.1. The number of unbranched alkanes of at least 4 members (excludes halogenated alkanes) is 9. The summed E-state index contributed by atoms with van der Waals surface area (Å²) in [5.41, 5.74) is 1.59. The second kappa shape index (κ2) is 15.9. The van der Waals surface area contributed by atoms with Crippen LogP contribution in [-0.2, 0) is 14.3 Å². The average Bonchev–Trinajstić information content (AvgIpc) is 3.30. The van der Waals surface area contributed by atoms with E-state index in [1.165, 1.54) is 68.9 Å². The molecule has 0 bridgehead atoms. The van der Waals surface area contributed by atoms with E-state index in [1.807, 2.05) is 32.1 Å². The number of nitrogens with zero attached hydrogens (tertiary/aromatic N) is 3. The number of rotatable bonds is 15. The molecule has 0 saturated heterocycles. The molecule has 2 amide bonds. The van der Waals surface area contributed by atoms with Crippen LogP contribution in [-0.4, -0.2) is 53.3 Å². The number of alkyl halides is 1. The van der Waals surface area contributed by atoms with Gasteiger partial charge in [0, 0.05) is 6.92 Å². The molecule has 230 valence electrons. The smallest absolute Gasteiger partial charge is 0.338 e. The fraction of sp³-hybridized carbons (Fsp3) is 0.576. The highest BCUT2D eigenvalue weighted by atomic mass is 35.5. The van der Waals surface area contributed by atoms with Crippen molar-refractivity contribution < 1.29 is 23.9 Å². The Morgan fingerprint density at radius 1 is 1.10 bits per heavy atom. The maximum Gasteiger partial charge on any atom is 0.338 e. The topological polar surface area (TPSA) is 88.5 Å². The van der Waals surface area contributed by atoms with E-state index in [1.54, 1.807) is 18.2 Å². The standard InChI is InChI=1S/C33H46ClN3O5/c1-6-7-8-9-10-11-12-13-14-15-20-42-32(40)26-17-18-28(41-5)27(21-26)36(25(3)38)30-22-31(39)37(35-30)29-19-16-24(2)23-33(29,4)34/h16-19,21,23,29H,6-15,20,22H2,1-5H3. The van der Waals surface area contributed by atoms with Crippen LogP contribution in [0.2, 0.25) is 0 Å². The summed E-state index contributed by atoms with van der Waals surface area (Å²) in [4.78, 5) is 39.3. The van der Waals surface area contributed by atoms with Gasteiger partial charge in [-0.1, -0.05) is 88.5 Å². The van der Waals surface area contributed by atoms with Crippen molar-refractivity contribution in [3.63, 3.8) is 0 Å². The lowest BCUT2D eigenvalue weighted by molar-refractivity contribution is -0.130. The third-order valence-corrected chi connectivity index (χ3v) is 7.97. The molecule has 9 heteroatoms. The third-order valence-electron chi connectivity index (χ3n) is 7.64. The fourth-order valence-corrected chi connectivity index (χ4v) is 5.76. The number of esters is 1. The molecule has 1 aromatic carbocycles. The second-order valence-corrected chi connectivity index (χ2v) is 12.1. The van der Waals surface area contributed by atoms with Gasteiger partial charge in [0.25, 0.3) is 5.91 Å². The summed E-state index contributed by atoms with van der Waals surface area (Å²) >= 11 is 6.75. The van der Waals surface area contributed by atoms with Crippen molar-refractivity contribution in [1.82, 2.24) is 5.01 Å². The Hall–Kier alpha value is -3.13. The molecule has 1 aromatic rings. The van der Waals surface area contributed by atoms with Crippen molar-refractivity contribution in [1.29, 1.82) is 0 Å². The quantitative estimate of drug-likeness (QED) is 0.118. The van der Waals surface area contributed by atoms with Gasteiger partial charge in [-0.05, 0) is 38.5 Å². The maximum atomic E-state index is 13.1. The lowest BCUT2D eigenvalue weighted by Crippen LogP contribution is -2.45. The van der Waals surface area contributed by atoms with Crippen molar-refractivity contribution in [3.8, 4) is 5.75 Å². The van der Waals surface area contributed by atoms with Crippen molar-refractivity contribution >= 4 is 40.9 Å². The predicted octanol–water partition coefficient (Wildman–Crippen LogP) is 7.55. The lowest BCUT2D eigenvalue weighted by atomic mass is 9.92. The Labute approximate surface area is 255 Å². The molecule has 2 atom stereocenters. The first kappa shape index (κ1) is 33.4. The summed E-state index contributed by atoms with van der Waals surface area (Å²) in [6.07, 6.45) is 17.5. The van der Waals surface area contributed by atoms with E-state index in [0.29, 0.717) is 18.0 Å². The normalized spacial score (nSPS) is 19.9. The molecule has 2 unspecified atom stereocenters. The summed E-state index contributed by atoms with van der Waals surface area (Å²) in [5, 5.41) is 5.87. The molecule has 1 aliphatic heterocycles. The zero-order chi connectivity index (χ0) is 30.7. The zero-order valence-electron chi connectivity index (χ0n) is 25.8. The first-order valence-electron chi connectivity index (χ1n) is 15.2. The van der Waals surface area contributed by atoms with Crippen LogP contribution in [0.3, 0.4) is 0 Å². The molecule has 1 heterocycles. The van der Waals surface area contributed by atoms with Crippen LogP contribution in [0.15, 0.2) is 47.1 Å². The number of hydrogen-bond donors (Lipinski definition) is 0. The zero-order valence-corrected chi connectivity index (χ0v) is 26.5. The molecule has 0 fully saturated rings. The minimum absolute atomic E-state index is 0.101. The highest BCUT2D eigenvalue weighted by Gasteiger charge is 2.42. The van der Waals surface area contributed by atoms with E-state index in [4.69, 9.17) is 21.1 Å². The molecule has 0 N–H and O–H groups in total. The second-order valence-electron chi connectivity index (χ2n) is 11.3. The molecule has 0 radical (unpaired) electrons. The van der Waals surface area contributed by atoms with Crippen LogP contribution < -0.4 is 9.64 Å². The molecule has 1 aliphatic carbocycles. The number of ether oxygens (including phenoxy) is 2. The third kappa shape index (κ3) is 8.93. The van der Waals surface area contributed by atoms with Crippen LogP contribution in [0.5, 0.6) is 5.75 Å². The van der Waals surface area contributed by atoms with Gasteiger partial charge in [0.2, 0.25) is 5.91 Å². The van der Waals surface area contributed by atoms with Gasteiger partial charge in [-0.3, -0.25) is 14.5 Å². The van der Waals surface area contributed by atoms with E-state index in [9.17, 15) is 14.4 Å². The van der Waals surface area contributed by atoms with Crippen LogP contribution in [0.25, 0.3) is 0 Å². The van der Waals surface area contributed by atoms with Crippen LogP contribution >= 0.6 is 11.6 Å². The van der Waals surface area contributed by atoms with Gasteiger partial charge in [-0.15, -0.1) is 11.6 Å². The number of methoxy groups -OCH3 is 1. The van der Waals surface area contributed by atoms with E-state index in [-0.39, 0.29) is 29.6 Å². The number of amidine groups is 1. The van der Waals surface area contributed by atoms with E-state index in [0.717, 1.165) is 24.8 Å². The van der Waals surface area contributed by atoms with E-state index < -0.39 is 16.9 Å². The first-order valence-corrected chi connectivity index (χ1v) is 15.6. The lowest BCUT2D eigenvalue weighted by Gasteiger charge is -2.34. The number of carbonyl (C=O) groups excluding carboxylic acids is 3. The van der Waals surface area contributed by atoms with Gasteiger partial charge in [0.1, 0.15) is 11.6 Å². The van der Waals surface area contributed by atoms with Crippen LogP contribution in [0.4, 0.5) is 5.69 Å². The number of carbonyl (C=O) groups is 3. The summed E-state index contributed by atoms with van der Waals surface area (Å²) in [7, 11) is 1.48. The first-order chi connectivity index (χ1) is 20.1. The van der Waals surface area contributed by atoms with Crippen molar-refractivity contribution in [2.75, 3.05) is 18.6 Å². The van der Waals surface area contributed by atoms with Gasteiger partial charge >= 0.3 is 5.97 Å². The van der Waals surface area contributed by atoms with Gasteiger partial charge < -0.3 is 9.47 Å². The monoisotopic (exact) mass is 599 g/mol. The summed E-state index contributed by atoms with van der Waals surface area (Å²) < 4.78 is 11.1. The van der Waals surface area contributed by atoms with E-state index >= 15 is 0 Å². The minimum atomic E-state index is -0.857. The summed E-state index contributed by atoms with van der Waals surface area (Å²) in [5.74, 6) is -0.535. The van der Waals surface area contributed by atoms with E-state index in [2.05, 4.69) is 12.0 Å². The van der Waals surface area contributed by atoms with Gasteiger partial charge in [-0.2, -0.15) is 5.10 Å². The molecule has 8 nitrogen and oxygen atoms in total. The number of hydrogen-bond acceptors (Lipinski definition) is 6. The van der Waals surface area contributed by atoms with Gasteiger partial charge in [-0.25, -0.2) is 9.80 Å². The predicted molar refractivity (Wildman–Crippen MR) is 168 cm³/mol. The highest BCUT2D eigenvalue weighted by Crippen LogP contribution is 2.36. The minimum Gasteiger partial charge on any atom is -0.495 e. The molecular formula is C33H46ClN3O5. The van der Waals surface area contributed by atoms with Crippen LogP contribution in [0, 0.1) is 0 Å². The average molecular weight is 600 g/mol. The Bertz CT molecular complexity index is 1210. The molecule has 0 saturated carbocycles. The number of halogens is 1.